The molecule has 1 aromatic rings. The molecule has 1 unspecified atom stereocenters. The van der Waals surface area contributed by atoms with Crippen molar-refractivity contribution in [2.24, 2.45) is 0 Å². The number of β-amino-alcohol motifs (C(OH)–C–C–N with tert-alkyl or cyclic N) is 1. The lowest BCUT2D eigenvalue weighted by Crippen LogP contribution is -2.45. The summed E-state index contributed by atoms with van der Waals surface area (Å²) in [6.45, 7) is 8.88. The first-order valence-corrected chi connectivity index (χ1v) is 6.79. The van der Waals surface area contributed by atoms with Gasteiger partial charge < -0.3 is 10.4 Å². The topological polar surface area (TPSA) is 32.3 Å². The van der Waals surface area contributed by atoms with Crippen LogP contribution in [0.25, 0.3) is 0 Å². The molecule has 0 aliphatic carbocycles. The van der Waals surface area contributed by atoms with Crippen molar-refractivity contribution in [2.45, 2.75) is 45.3 Å². The summed E-state index contributed by atoms with van der Waals surface area (Å²) < 4.78 is 1.03. The van der Waals surface area contributed by atoms with Crippen molar-refractivity contribution in [1.29, 1.82) is 0 Å². The zero-order valence-electron chi connectivity index (χ0n) is 11.0. The van der Waals surface area contributed by atoms with E-state index in [1.165, 1.54) is 0 Å². The van der Waals surface area contributed by atoms with Crippen LogP contribution in [0.3, 0.4) is 0 Å². The van der Waals surface area contributed by atoms with Crippen LogP contribution in [-0.2, 0) is 5.60 Å². The first-order valence-electron chi connectivity index (χ1n) is 6.00. The van der Waals surface area contributed by atoms with E-state index in [0.717, 1.165) is 10.0 Å². The molecular formula is C14H22BrNO. The largest absolute Gasteiger partial charge is 0.384 e. The third kappa shape index (κ3) is 4.41. The molecule has 0 aliphatic rings. The molecule has 0 saturated heterocycles. The fraction of sp³-hybridized carbons (Fsp3) is 0.571. The minimum atomic E-state index is -0.798. The van der Waals surface area contributed by atoms with Gasteiger partial charge in [0, 0.05) is 16.6 Å². The maximum atomic E-state index is 10.7. The first kappa shape index (κ1) is 14.7. The number of hydrogen-bond acceptors (Lipinski definition) is 2. The van der Waals surface area contributed by atoms with Crippen LogP contribution in [0.15, 0.2) is 28.7 Å². The van der Waals surface area contributed by atoms with Gasteiger partial charge in [0.15, 0.2) is 0 Å². The van der Waals surface area contributed by atoms with Gasteiger partial charge in [0.1, 0.15) is 5.60 Å². The third-order valence-corrected chi connectivity index (χ3v) is 3.41. The van der Waals surface area contributed by atoms with Crippen molar-refractivity contribution in [3.63, 3.8) is 0 Å². The molecular weight excluding hydrogens is 278 g/mol. The molecule has 0 bridgehead atoms. The van der Waals surface area contributed by atoms with Gasteiger partial charge in [-0.15, -0.1) is 0 Å². The second-order valence-corrected chi connectivity index (χ2v) is 6.41. The zero-order valence-corrected chi connectivity index (χ0v) is 12.6. The van der Waals surface area contributed by atoms with Crippen LogP contribution >= 0.6 is 15.9 Å². The van der Waals surface area contributed by atoms with Crippen molar-refractivity contribution in [3.05, 3.63) is 34.3 Å². The van der Waals surface area contributed by atoms with Crippen LogP contribution in [0, 0.1) is 0 Å². The van der Waals surface area contributed by atoms with E-state index in [9.17, 15) is 5.11 Å². The molecule has 0 fully saturated rings. The number of aliphatic hydroxyl groups is 1. The van der Waals surface area contributed by atoms with Gasteiger partial charge in [0.25, 0.3) is 0 Å². The molecule has 1 rings (SSSR count). The van der Waals surface area contributed by atoms with Crippen LogP contribution in [0.4, 0.5) is 0 Å². The fourth-order valence-corrected chi connectivity index (χ4v) is 1.87. The number of nitrogens with one attached hydrogen (secondary N) is 1. The lowest BCUT2D eigenvalue weighted by molar-refractivity contribution is 0.0266. The monoisotopic (exact) mass is 299 g/mol. The highest BCUT2D eigenvalue weighted by Gasteiger charge is 2.28. The lowest BCUT2D eigenvalue weighted by atomic mass is 9.90. The predicted molar refractivity (Wildman–Crippen MR) is 76.1 cm³/mol. The fourth-order valence-electron chi connectivity index (χ4n) is 1.60. The summed E-state index contributed by atoms with van der Waals surface area (Å²) in [5.41, 5.74) is 0.173. The van der Waals surface area contributed by atoms with Gasteiger partial charge in [-0.05, 0) is 44.9 Å². The highest BCUT2D eigenvalue weighted by atomic mass is 79.9. The van der Waals surface area contributed by atoms with Gasteiger partial charge >= 0.3 is 0 Å². The molecule has 2 nitrogen and oxygen atoms in total. The zero-order chi connectivity index (χ0) is 13.1. The lowest BCUT2D eigenvalue weighted by Gasteiger charge is -2.32. The molecule has 1 aromatic carbocycles. The average Bonchev–Trinajstić information content (AvgIpc) is 2.26. The van der Waals surface area contributed by atoms with E-state index in [1.807, 2.05) is 31.2 Å². The Labute approximate surface area is 113 Å². The van der Waals surface area contributed by atoms with Crippen LogP contribution < -0.4 is 5.32 Å². The summed E-state index contributed by atoms with van der Waals surface area (Å²) in [5, 5.41) is 14.0. The van der Waals surface area contributed by atoms with Crippen molar-refractivity contribution in [1.82, 2.24) is 5.32 Å². The highest BCUT2D eigenvalue weighted by molar-refractivity contribution is 9.10. The highest BCUT2D eigenvalue weighted by Crippen LogP contribution is 2.26. The smallest absolute Gasteiger partial charge is 0.102 e. The van der Waals surface area contributed by atoms with Crippen molar-refractivity contribution >= 4 is 15.9 Å². The van der Waals surface area contributed by atoms with E-state index < -0.39 is 5.60 Å². The van der Waals surface area contributed by atoms with Crippen molar-refractivity contribution < 1.29 is 5.11 Å². The number of hydrogen-bond donors (Lipinski definition) is 2. The third-order valence-electron chi connectivity index (χ3n) is 2.88. The molecule has 96 valence electrons. The maximum Gasteiger partial charge on any atom is 0.102 e. The summed E-state index contributed by atoms with van der Waals surface area (Å²) in [7, 11) is 0. The molecule has 0 aromatic heterocycles. The SMILES string of the molecule is CCC(O)(CNC(C)(C)C)c1ccc(Br)cc1. The number of halogens is 1. The van der Waals surface area contributed by atoms with E-state index in [-0.39, 0.29) is 5.54 Å². The van der Waals surface area contributed by atoms with Gasteiger partial charge in [0.2, 0.25) is 0 Å². The Hall–Kier alpha value is -0.380. The summed E-state index contributed by atoms with van der Waals surface area (Å²) in [6.07, 6.45) is 0.692. The molecule has 17 heavy (non-hydrogen) atoms. The minimum Gasteiger partial charge on any atom is -0.384 e. The van der Waals surface area contributed by atoms with Gasteiger partial charge in [-0.2, -0.15) is 0 Å². The van der Waals surface area contributed by atoms with Gasteiger partial charge in [-0.25, -0.2) is 0 Å². The second kappa shape index (κ2) is 5.51. The maximum absolute atomic E-state index is 10.7. The molecule has 0 spiro atoms. The Morgan fingerprint density at radius 2 is 1.71 bits per heavy atom. The summed E-state index contributed by atoms with van der Waals surface area (Å²) in [4.78, 5) is 0. The summed E-state index contributed by atoms with van der Waals surface area (Å²) >= 11 is 3.41. The van der Waals surface area contributed by atoms with E-state index >= 15 is 0 Å². The van der Waals surface area contributed by atoms with E-state index in [0.29, 0.717) is 13.0 Å². The van der Waals surface area contributed by atoms with Crippen molar-refractivity contribution in [3.8, 4) is 0 Å². The molecule has 3 heteroatoms. The minimum absolute atomic E-state index is 0.0124. The molecule has 0 amide bonds. The molecule has 0 saturated carbocycles. The second-order valence-electron chi connectivity index (χ2n) is 5.50. The Kier molecular flexibility index (Phi) is 4.76. The first-order chi connectivity index (χ1) is 7.77. The molecule has 0 heterocycles. The number of benzene rings is 1. The normalized spacial score (nSPS) is 15.6. The average molecular weight is 300 g/mol. The summed E-state index contributed by atoms with van der Waals surface area (Å²) in [5.74, 6) is 0. The van der Waals surface area contributed by atoms with Gasteiger partial charge in [-0.3, -0.25) is 0 Å². The molecule has 0 aliphatic heterocycles. The summed E-state index contributed by atoms with van der Waals surface area (Å²) in [6, 6.07) is 7.87. The molecule has 0 radical (unpaired) electrons. The van der Waals surface area contributed by atoms with Crippen LogP contribution in [-0.4, -0.2) is 17.2 Å². The standard InChI is InChI=1S/C14H22BrNO/c1-5-14(17,10-16-13(2,3)4)11-6-8-12(15)9-7-11/h6-9,16-17H,5,10H2,1-4H3. The Morgan fingerprint density at radius 3 is 2.12 bits per heavy atom. The Morgan fingerprint density at radius 1 is 1.18 bits per heavy atom. The van der Waals surface area contributed by atoms with E-state index in [4.69, 9.17) is 0 Å². The van der Waals surface area contributed by atoms with Gasteiger partial charge in [-0.1, -0.05) is 35.0 Å². The van der Waals surface area contributed by atoms with Crippen LogP contribution in [0.5, 0.6) is 0 Å². The quantitative estimate of drug-likeness (QED) is 0.893. The van der Waals surface area contributed by atoms with E-state index in [2.05, 4.69) is 42.0 Å². The van der Waals surface area contributed by atoms with Crippen LogP contribution in [0.2, 0.25) is 0 Å². The molecule has 1 atom stereocenters. The van der Waals surface area contributed by atoms with E-state index in [1.54, 1.807) is 0 Å². The van der Waals surface area contributed by atoms with Crippen LogP contribution in [0.1, 0.15) is 39.7 Å². The molecule has 2 N–H and O–H groups in total. The van der Waals surface area contributed by atoms with Crippen molar-refractivity contribution in [2.75, 3.05) is 6.54 Å². The predicted octanol–water partition coefficient (Wildman–Crippen LogP) is 3.43. The Balaban J connectivity index is 2.84. The number of rotatable bonds is 4. The van der Waals surface area contributed by atoms with Gasteiger partial charge in [0.05, 0.1) is 0 Å². The Bertz CT molecular complexity index is 355.